The van der Waals surface area contributed by atoms with Gasteiger partial charge in [-0.2, -0.15) is 0 Å². The molecule has 19 heavy (non-hydrogen) atoms. The number of nitrogens with zero attached hydrogens (tertiary/aromatic N) is 2. The molecule has 0 fully saturated rings. The molecular formula is C12H13N3O3S. The minimum Gasteiger partial charge on any atom is -0.392 e. The largest absolute Gasteiger partial charge is 0.392 e. The van der Waals surface area contributed by atoms with E-state index < -0.39 is 10.0 Å². The zero-order chi connectivity index (χ0) is 13.7. The molecule has 0 atom stereocenters. The van der Waals surface area contributed by atoms with Gasteiger partial charge in [-0.15, -0.1) is 0 Å². The van der Waals surface area contributed by atoms with E-state index in [0.717, 1.165) is 0 Å². The molecule has 0 amide bonds. The number of aromatic nitrogens is 2. The Balaban J connectivity index is 2.09. The molecule has 0 aliphatic carbocycles. The molecule has 0 saturated carbocycles. The van der Waals surface area contributed by atoms with E-state index >= 15 is 0 Å². The average molecular weight is 279 g/mol. The van der Waals surface area contributed by atoms with Gasteiger partial charge in [0.15, 0.2) is 5.03 Å². The predicted octanol–water partition coefficient (Wildman–Crippen LogP) is 0.447. The molecule has 0 radical (unpaired) electrons. The summed E-state index contributed by atoms with van der Waals surface area (Å²) in [5.41, 5.74) is 1.18. The van der Waals surface area contributed by atoms with E-state index in [4.69, 9.17) is 5.11 Å². The van der Waals surface area contributed by atoms with E-state index in [1.54, 1.807) is 24.4 Å². The number of hydrogen-bond donors (Lipinski definition) is 2. The zero-order valence-corrected chi connectivity index (χ0v) is 10.8. The number of pyridine rings is 2. The number of hydrogen-bond acceptors (Lipinski definition) is 5. The highest BCUT2D eigenvalue weighted by Gasteiger charge is 2.15. The van der Waals surface area contributed by atoms with Crippen LogP contribution < -0.4 is 4.72 Å². The molecule has 2 rings (SSSR count). The highest BCUT2D eigenvalue weighted by Crippen LogP contribution is 2.07. The van der Waals surface area contributed by atoms with Crippen LogP contribution in [0.1, 0.15) is 11.3 Å². The molecule has 0 spiro atoms. The number of aliphatic hydroxyl groups excluding tert-OH is 1. The second-order valence-electron chi connectivity index (χ2n) is 3.81. The molecule has 0 aliphatic heterocycles. The summed E-state index contributed by atoms with van der Waals surface area (Å²) in [7, 11) is -3.67. The van der Waals surface area contributed by atoms with Crippen LogP contribution in [0, 0.1) is 0 Å². The van der Waals surface area contributed by atoms with Gasteiger partial charge in [-0.25, -0.2) is 18.1 Å². The smallest absolute Gasteiger partial charge is 0.258 e. The first-order chi connectivity index (χ1) is 9.12. The van der Waals surface area contributed by atoms with E-state index in [9.17, 15) is 8.42 Å². The first-order valence-corrected chi connectivity index (χ1v) is 7.05. The van der Waals surface area contributed by atoms with Crippen molar-refractivity contribution in [3.05, 3.63) is 54.0 Å². The van der Waals surface area contributed by atoms with E-state index in [-0.39, 0.29) is 18.2 Å². The molecular weight excluding hydrogens is 266 g/mol. The summed E-state index contributed by atoms with van der Waals surface area (Å²) in [6.45, 7) is -0.0682. The van der Waals surface area contributed by atoms with Crippen molar-refractivity contribution >= 4 is 10.0 Å². The van der Waals surface area contributed by atoms with E-state index in [0.29, 0.717) is 11.3 Å². The topological polar surface area (TPSA) is 92.2 Å². The number of sulfonamides is 1. The van der Waals surface area contributed by atoms with E-state index in [1.807, 2.05) is 0 Å². The van der Waals surface area contributed by atoms with Crippen molar-refractivity contribution < 1.29 is 13.5 Å². The molecule has 2 heterocycles. The molecule has 2 aromatic rings. The molecule has 0 aliphatic rings. The van der Waals surface area contributed by atoms with Gasteiger partial charge in [0.1, 0.15) is 0 Å². The second-order valence-corrected chi connectivity index (χ2v) is 5.52. The summed E-state index contributed by atoms with van der Waals surface area (Å²) >= 11 is 0. The first kappa shape index (κ1) is 13.6. The van der Waals surface area contributed by atoms with Crippen LogP contribution in [0.15, 0.2) is 47.8 Å². The average Bonchev–Trinajstić information content (AvgIpc) is 2.46. The fourth-order valence-corrected chi connectivity index (χ4v) is 2.33. The first-order valence-electron chi connectivity index (χ1n) is 5.57. The van der Waals surface area contributed by atoms with Gasteiger partial charge in [0.2, 0.25) is 0 Å². The maximum Gasteiger partial charge on any atom is 0.258 e. The van der Waals surface area contributed by atoms with E-state index in [1.165, 1.54) is 18.3 Å². The summed E-state index contributed by atoms with van der Waals surface area (Å²) in [6.07, 6.45) is 2.92. The highest BCUT2D eigenvalue weighted by atomic mass is 32.2. The molecule has 7 heteroatoms. The summed E-state index contributed by atoms with van der Waals surface area (Å²) in [5.74, 6) is 0. The van der Waals surface area contributed by atoms with Crippen molar-refractivity contribution in [1.29, 1.82) is 0 Å². The highest BCUT2D eigenvalue weighted by molar-refractivity contribution is 7.89. The lowest BCUT2D eigenvalue weighted by atomic mass is 10.3. The lowest BCUT2D eigenvalue weighted by Crippen LogP contribution is -2.24. The Kier molecular flexibility index (Phi) is 4.20. The standard InChI is InChI=1S/C12H13N3O3S/c16-9-10-4-5-12(14-7-10)19(17,18)15-8-11-3-1-2-6-13-11/h1-7,15-16H,8-9H2. The third-order valence-electron chi connectivity index (χ3n) is 2.42. The van der Waals surface area contributed by atoms with Crippen molar-refractivity contribution in [1.82, 2.24) is 14.7 Å². The second kappa shape index (κ2) is 5.87. The Hall–Kier alpha value is -1.83. The van der Waals surface area contributed by atoms with Crippen molar-refractivity contribution in [3.63, 3.8) is 0 Å². The van der Waals surface area contributed by atoms with Crippen LogP contribution in [0.3, 0.4) is 0 Å². The molecule has 6 nitrogen and oxygen atoms in total. The molecule has 0 bridgehead atoms. The van der Waals surface area contributed by atoms with Gasteiger partial charge in [-0.1, -0.05) is 12.1 Å². The SMILES string of the molecule is O=S(=O)(NCc1ccccn1)c1ccc(CO)cn1. The molecule has 2 aromatic heterocycles. The quantitative estimate of drug-likeness (QED) is 0.829. The van der Waals surface area contributed by atoms with Gasteiger partial charge in [0.25, 0.3) is 10.0 Å². The molecule has 100 valence electrons. The van der Waals surface area contributed by atoms with Crippen LogP contribution in [-0.2, 0) is 23.2 Å². The van der Waals surface area contributed by atoms with Gasteiger partial charge in [-0.05, 0) is 23.8 Å². The Morgan fingerprint density at radius 2 is 2.00 bits per heavy atom. The lowest BCUT2D eigenvalue weighted by molar-refractivity contribution is 0.281. The minimum atomic E-state index is -3.67. The lowest BCUT2D eigenvalue weighted by Gasteiger charge is -2.06. The zero-order valence-electron chi connectivity index (χ0n) is 10.0. The summed E-state index contributed by atoms with van der Waals surface area (Å²) in [4.78, 5) is 7.83. The van der Waals surface area contributed by atoms with Crippen LogP contribution in [0.4, 0.5) is 0 Å². The van der Waals surface area contributed by atoms with Crippen molar-refractivity contribution in [2.24, 2.45) is 0 Å². The van der Waals surface area contributed by atoms with Gasteiger partial charge < -0.3 is 5.11 Å². The van der Waals surface area contributed by atoms with Gasteiger partial charge in [0.05, 0.1) is 18.8 Å². The maximum atomic E-state index is 11.9. The summed E-state index contributed by atoms with van der Waals surface area (Å²) in [5, 5.41) is 8.79. The van der Waals surface area contributed by atoms with Crippen LogP contribution in [0.5, 0.6) is 0 Å². The molecule has 0 aromatic carbocycles. The maximum absolute atomic E-state index is 11.9. The Morgan fingerprint density at radius 1 is 1.16 bits per heavy atom. The fourth-order valence-electron chi connectivity index (χ4n) is 1.41. The van der Waals surface area contributed by atoms with Crippen molar-refractivity contribution in [2.45, 2.75) is 18.2 Å². The van der Waals surface area contributed by atoms with Crippen molar-refractivity contribution in [3.8, 4) is 0 Å². The Labute approximate surface area is 111 Å². The van der Waals surface area contributed by atoms with Gasteiger partial charge in [0, 0.05) is 12.4 Å². The van der Waals surface area contributed by atoms with Crippen LogP contribution in [-0.4, -0.2) is 23.5 Å². The Bertz CT molecular complexity index is 627. The van der Waals surface area contributed by atoms with Crippen LogP contribution in [0.25, 0.3) is 0 Å². The summed E-state index contributed by atoms with van der Waals surface area (Å²) < 4.78 is 26.3. The third-order valence-corrected chi connectivity index (χ3v) is 3.74. The van der Waals surface area contributed by atoms with Crippen molar-refractivity contribution in [2.75, 3.05) is 0 Å². The number of nitrogens with one attached hydrogen (secondary N) is 1. The predicted molar refractivity (Wildman–Crippen MR) is 68.4 cm³/mol. The van der Waals surface area contributed by atoms with Crippen LogP contribution in [0.2, 0.25) is 0 Å². The van der Waals surface area contributed by atoms with E-state index in [2.05, 4.69) is 14.7 Å². The normalized spacial score (nSPS) is 11.4. The van der Waals surface area contributed by atoms with Crippen LogP contribution >= 0.6 is 0 Å². The summed E-state index contributed by atoms with van der Waals surface area (Å²) in [6, 6.07) is 8.14. The molecule has 2 N–H and O–H groups in total. The number of aliphatic hydroxyl groups is 1. The molecule has 0 saturated heterocycles. The Morgan fingerprint density at radius 3 is 2.58 bits per heavy atom. The minimum absolute atomic E-state index is 0.0827. The number of rotatable bonds is 5. The van der Waals surface area contributed by atoms with Gasteiger partial charge in [-0.3, -0.25) is 4.98 Å². The third kappa shape index (κ3) is 3.57. The molecule has 0 unspecified atom stereocenters. The van der Waals surface area contributed by atoms with Gasteiger partial charge >= 0.3 is 0 Å². The fraction of sp³-hybridized carbons (Fsp3) is 0.167. The monoisotopic (exact) mass is 279 g/mol.